The molecule has 1 heterocycles. The molecule has 0 amide bonds. The zero-order valence-electron chi connectivity index (χ0n) is 9.93. The molecule has 0 bridgehead atoms. The molecular weight excluding hydrogens is 194 g/mol. The molecule has 1 rings (SSSR count). The van der Waals surface area contributed by atoms with Crippen LogP contribution in [0.1, 0.15) is 32.6 Å². The number of aromatic nitrogens is 3. The summed E-state index contributed by atoms with van der Waals surface area (Å²) < 4.78 is 6.89. The van der Waals surface area contributed by atoms with Gasteiger partial charge in [-0.05, 0) is 5.41 Å². The van der Waals surface area contributed by atoms with E-state index in [4.69, 9.17) is 4.74 Å². The van der Waals surface area contributed by atoms with Crippen molar-refractivity contribution in [1.29, 1.82) is 0 Å². The first-order valence-electron chi connectivity index (χ1n) is 4.93. The molecule has 0 saturated carbocycles. The van der Waals surface area contributed by atoms with Gasteiger partial charge in [0.15, 0.2) is 0 Å². The van der Waals surface area contributed by atoms with Crippen LogP contribution in [0.2, 0.25) is 0 Å². The lowest BCUT2D eigenvalue weighted by Crippen LogP contribution is -2.35. The van der Waals surface area contributed by atoms with Crippen molar-refractivity contribution in [1.82, 2.24) is 15.0 Å². The van der Waals surface area contributed by atoms with Crippen LogP contribution >= 0.6 is 0 Å². The van der Waals surface area contributed by atoms with Gasteiger partial charge in [0.1, 0.15) is 6.10 Å². The highest BCUT2D eigenvalue weighted by atomic mass is 16.5. The summed E-state index contributed by atoms with van der Waals surface area (Å²) in [5, 5.41) is 17.7. The van der Waals surface area contributed by atoms with Crippen LogP contribution < -0.4 is 0 Å². The summed E-state index contributed by atoms with van der Waals surface area (Å²) in [5.41, 5.74) is 0.523. The maximum absolute atomic E-state index is 10.2. The Morgan fingerprint density at radius 2 is 2.07 bits per heavy atom. The Morgan fingerprint density at radius 1 is 1.47 bits per heavy atom. The van der Waals surface area contributed by atoms with E-state index in [9.17, 15) is 5.11 Å². The van der Waals surface area contributed by atoms with Crippen LogP contribution in [0.5, 0.6) is 0 Å². The molecule has 0 spiro atoms. The Labute approximate surface area is 90.1 Å². The van der Waals surface area contributed by atoms with Gasteiger partial charge in [0.2, 0.25) is 0 Å². The first-order chi connectivity index (χ1) is 6.88. The second-order valence-electron chi connectivity index (χ2n) is 4.75. The molecule has 1 aromatic rings. The summed E-state index contributed by atoms with van der Waals surface area (Å²) in [5.74, 6) is 0. The Kier molecular flexibility index (Phi) is 3.46. The van der Waals surface area contributed by atoms with Crippen LogP contribution in [0.3, 0.4) is 0 Å². The SMILES string of the molecule is COC(C(O)c1cnnn1C)C(C)(C)C. The first kappa shape index (κ1) is 12.1. The van der Waals surface area contributed by atoms with E-state index < -0.39 is 6.10 Å². The summed E-state index contributed by atoms with van der Waals surface area (Å²) in [6, 6.07) is 0. The highest BCUT2D eigenvalue weighted by molar-refractivity contribution is 5.03. The normalized spacial score (nSPS) is 16.4. The lowest BCUT2D eigenvalue weighted by molar-refractivity contribution is -0.0752. The molecule has 0 aliphatic carbocycles. The Balaban J connectivity index is 2.92. The quantitative estimate of drug-likeness (QED) is 0.810. The van der Waals surface area contributed by atoms with Gasteiger partial charge in [-0.25, -0.2) is 4.68 Å². The third-order valence-corrected chi connectivity index (χ3v) is 2.45. The highest BCUT2D eigenvalue weighted by Crippen LogP contribution is 2.31. The van der Waals surface area contributed by atoms with Crippen molar-refractivity contribution in [3.63, 3.8) is 0 Å². The fourth-order valence-electron chi connectivity index (χ4n) is 1.68. The smallest absolute Gasteiger partial charge is 0.124 e. The molecule has 0 aliphatic heterocycles. The van der Waals surface area contributed by atoms with Crippen LogP contribution in [-0.2, 0) is 11.8 Å². The molecule has 2 atom stereocenters. The Hall–Kier alpha value is -0.940. The van der Waals surface area contributed by atoms with Crippen LogP contribution in [0.15, 0.2) is 6.20 Å². The standard InChI is InChI=1S/C10H19N3O2/c1-10(2,3)9(15-5)8(14)7-6-11-12-13(7)4/h6,8-9,14H,1-5H3. The van der Waals surface area contributed by atoms with E-state index in [1.807, 2.05) is 20.8 Å². The average Bonchev–Trinajstić information content (AvgIpc) is 2.49. The zero-order valence-corrected chi connectivity index (χ0v) is 9.93. The van der Waals surface area contributed by atoms with Gasteiger partial charge in [0, 0.05) is 14.2 Å². The molecule has 2 unspecified atom stereocenters. The lowest BCUT2D eigenvalue weighted by Gasteiger charge is -2.32. The number of methoxy groups -OCH3 is 1. The minimum Gasteiger partial charge on any atom is -0.384 e. The maximum atomic E-state index is 10.2. The van der Waals surface area contributed by atoms with Gasteiger partial charge in [-0.15, -0.1) is 5.10 Å². The van der Waals surface area contributed by atoms with E-state index in [-0.39, 0.29) is 11.5 Å². The van der Waals surface area contributed by atoms with Crippen molar-refractivity contribution >= 4 is 0 Å². The van der Waals surface area contributed by atoms with Gasteiger partial charge in [-0.2, -0.15) is 0 Å². The minimum atomic E-state index is -0.713. The molecule has 5 nitrogen and oxygen atoms in total. The molecule has 15 heavy (non-hydrogen) atoms. The summed E-state index contributed by atoms with van der Waals surface area (Å²) >= 11 is 0. The van der Waals surface area contributed by atoms with E-state index >= 15 is 0 Å². The summed E-state index contributed by atoms with van der Waals surface area (Å²) in [4.78, 5) is 0. The van der Waals surface area contributed by atoms with E-state index in [0.717, 1.165) is 0 Å². The predicted octanol–water partition coefficient (Wildman–Crippen LogP) is 0.910. The molecule has 0 aromatic carbocycles. The largest absolute Gasteiger partial charge is 0.384 e. The molecule has 86 valence electrons. The molecule has 5 heteroatoms. The Bertz CT molecular complexity index is 317. The first-order valence-corrected chi connectivity index (χ1v) is 4.93. The highest BCUT2D eigenvalue weighted by Gasteiger charge is 2.33. The minimum absolute atomic E-state index is 0.140. The number of ether oxygens (including phenoxy) is 1. The second-order valence-corrected chi connectivity index (χ2v) is 4.75. The van der Waals surface area contributed by atoms with Crippen molar-refractivity contribution in [2.75, 3.05) is 7.11 Å². The van der Waals surface area contributed by atoms with Crippen molar-refractivity contribution in [2.24, 2.45) is 12.5 Å². The fraction of sp³-hybridized carbons (Fsp3) is 0.800. The lowest BCUT2D eigenvalue weighted by atomic mass is 9.85. The molecule has 0 fully saturated rings. The van der Waals surface area contributed by atoms with E-state index in [0.29, 0.717) is 5.69 Å². The van der Waals surface area contributed by atoms with E-state index in [2.05, 4.69) is 10.3 Å². The van der Waals surface area contributed by atoms with E-state index in [1.54, 1.807) is 25.0 Å². The van der Waals surface area contributed by atoms with Gasteiger partial charge in [0.25, 0.3) is 0 Å². The molecule has 1 N–H and O–H groups in total. The molecular formula is C10H19N3O2. The molecule has 1 aromatic heterocycles. The van der Waals surface area contributed by atoms with Crippen LogP contribution in [0, 0.1) is 5.41 Å². The number of aryl methyl sites for hydroxylation is 1. The number of aliphatic hydroxyl groups excluding tert-OH is 1. The number of hydrogen-bond donors (Lipinski definition) is 1. The van der Waals surface area contributed by atoms with E-state index in [1.165, 1.54) is 0 Å². The third kappa shape index (κ3) is 2.54. The van der Waals surface area contributed by atoms with Crippen LogP contribution in [0.25, 0.3) is 0 Å². The molecule has 0 saturated heterocycles. The van der Waals surface area contributed by atoms with Crippen molar-refractivity contribution in [2.45, 2.75) is 33.0 Å². The molecule has 0 aliphatic rings. The number of nitrogens with zero attached hydrogens (tertiary/aromatic N) is 3. The summed E-state index contributed by atoms with van der Waals surface area (Å²) in [6.07, 6.45) is 0.562. The topological polar surface area (TPSA) is 60.2 Å². The van der Waals surface area contributed by atoms with Crippen molar-refractivity contribution < 1.29 is 9.84 Å². The predicted molar refractivity (Wildman–Crippen MR) is 56.2 cm³/mol. The Morgan fingerprint density at radius 3 is 2.40 bits per heavy atom. The van der Waals surface area contributed by atoms with Crippen LogP contribution in [-0.4, -0.2) is 33.3 Å². The average molecular weight is 213 g/mol. The summed E-state index contributed by atoms with van der Waals surface area (Å²) in [7, 11) is 3.35. The third-order valence-electron chi connectivity index (χ3n) is 2.45. The van der Waals surface area contributed by atoms with Crippen molar-refractivity contribution in [3.05, 3.63) is 11.9 Å². The van der Waals surface area contributed by atoms with Gasteiger partial charge >= 0.3 is 0 Å². The number of rotatable bonds is 3. The fourth-order valence-corrected chi connectivity index (χ4v) is 1.68. The van der Waals surface area contributed by atoms with Crippen LogP contribution in [0.4, 0.5) is 0 Å². The summed E-state index contributed by atoms with van der Waals surface area (Å²) in [6.45, 7) is 6.07. The van der Waals surface area contributed by atoms with Gasteiger partial charge in [-0.3, -0.25) is 0 Å². The van der Waals surface area contributed by atoms with Gasteiger partial charge < -0.3 is 9.84 Å². The monoisotopic (exact) mass is 213 g/mol. The number of aliphatic hydroxyl groups is 1. The second kappa shape index (κ2) is 4.28. The van der Waals surface area contributed by atoms with Gasteiger partial charge in [-0.1, -0.05) is 26.0 Å². The van der Waals surface area contributed by atoms with Gasteiger partial charge in [0.05, 0.1) is 18.0 Å². The number of hydrogen-bond acceptors (Lipinski definition) is 4. The maximum Gasteiger partial charge on any atom is 0.124 e. The zero-order chi connectivity index (χ0) is 11.6. The van der Waals surface area contributed by atoms with Crippen molar-refractivity contribution in [3.8, 4) is 0 Å². The molecule has 0 radical (unpaired) electrons.